The van der Waals surface area contributed by atoms with Crippen molar-refractivity contribution in [1.29, 1.82) is 0 Å². The highest BCUT2D eigenvalue weighted by Gasteiger charge is 2.24. The number of nitrogens with zero attached hydrogens (tertiary/aromatic N) is 5. The second-order valence-corrected chi connectivity index (χ2v) is 8.89. The quantitative estimate of drug-likeness (QED) is 0.636. The summed E-state index contributed by atoms with van der Waals surface area (Å²) in [6, 6.07) is 6.78. The molecule has 1 saturated carbocycles. The van der Waals surface area contributed by atoms with Crippen LogP contribution in [0.1, 0.15) is 62.8 Å². The van der Waals surface area contributed by atoms with Gasteiger partial charge in [-0.2, -0.15) is 0 Å². The summed E-state index contributed by atoms with van der Waals surface area (Å²) >= 11 is 1.66. The summed E-state index contributed by atoms with van der Waals surface area (Å²) in [5.41, 5.74) is 3.02. The van der Waals surface area contributed by atoms with Crippen molar-refractivity contribution >= 4 is 39.0 Å². The summed E-state index contributed by atoms with van der Waals surface area (Å²) < 4.78 is 0. The van der Waals surface area contributed by atoms with Crippen LogP contribution < -0.4 is 10.2 Å². The summed E-state index contributed by atoms with van der Waals surface area (Å²) in [4.78, 5) is 11.9. The minimum Gasteiger partial charge on any atom is -0.367 e. The number of hydrogen-bond donors (Lipinski definition) is 1. The van der Waals surface area contributed by atoms with Gasteiger partial charge in [0, 0.05) is 18.5 Å². The maximum absolute atomic E-state index is 4.80. The summed E-state index contributed by atoms with van der Waals surface area (Å²) in [5.74, 6) is 1.39. The summed E-state index contributed by atoms with van der Waals surface area (Å²) in [6.45, 7) is 3.37. The lowest BCUT2D eigenvalue weighted by molar-refractivity contribution is 0.645. The molecular weight excluding hydrogens is 368 g/mol. The van der Waals surface area contributed by atoms with Crippen molar-refractivity contribution in [3.8, 4) is 0 Å². The Morgan fingerprint density at radius 3 is 2.86 bits per heavy atom. The first kappa shape index (κ1) is 17.8. The first-order valence-corrected chi connectivity index (χ1v) is 11.3. The largest absolute Gasteiger partial charge is 0.367 e. The lowest BCUT2D eigenvalue weighted by Crippen LogP contribution is -2.28. The Morgan fingerprint density at radius 1 is 1.11 bits per heavy atom. The van der Waals surface area contributed by atoms with Crippen LogP contribution in [0.25, 0.3) is 11.0 Å². The molecule has 6 nitrogen and oxygen atoms in total. The average Bonchev–Trinajstić information content (AvgIpc) is 3.47. The van der Waals surface area contributed by atoms with Crippen molar-refractivity contribution in [2.24, 2.45) is 0 Å². The standard InChI is InChI=1S/C21H26N6S/c1-2-15-8-5-11-27(15)16-12-18-17(22-13-16)9-10-19(23-18)24-21-26-25-20(28-21)14-6-3-4-7-14/h9-10,12-15H,2-8,11H2,1H3,(H,23,24,26)/t15-/m1/s1. The predicted octanol–water partition coefficient (Wildman–Crippen LogP) is 5.26. The zero-order valence-electron chi connectivity index (χ0n) is 16.3. The van der Waals surface area contributed by atoms with E-state index in [4.69, 9.17) is 4.98 Å². The lowest BCUT2D eigenvalue weighted by atomic mass is 10.1. The third-order valence-corrected chi connectivity index (χ3v) is 7.08. The van der Waals surface area contributed by atoms with E-state index in [9.17, 15) is 0 Å². The van der Waals surface area contributed by atoms with Gasteiger partial charge in [-0.25, -0.2) is 4.98 Å². The van der Waals surface area contributed by atoms with E-state index in [0.29, 0.717) is 12.0 Å². The number of pyridine rings is 2. The van der Waals surface area contributed by atoms with Crippen LogP contribution in [0.15, 0.2) is 24.4 Å². The zero-order chi connectivity index (χ0) is 18.9. The molecule has 4 heterocycles. The van der Waals surface area contributed by atoms with Crippen LogP contribution in [0.5, 0.6) is 0 Å². The number of rotatable bonds is 5. The van der Waals surface area contributed by atoms with Crippen LogP contribution in [0, 0.1) is 0 Å². The van der Waals surface area contributed by atoms with Gasteiger partial charge in [-0.3, -0.25) is 4.98 Å². The third kappa shape index (κ3) is 3.43. The molecular formula is C21H26N6S. The van der Waals surface area contributed by atoms with Crippen LogP contribution in [-0.4, -0.2) is 32.8 Å². The second-order valence-electron chi connectivity index (χ2n) is 7.88. The Bertz CT molecular complexity index is 964. The molecule has 0 aromatic carbocycles. The smallest absolute Gasteiger partial charge is 0.211 e. The van der Waals surface area contributed by atoms with Crippen molar-refractivity contribution in [3.63, 3.8) is 0 Å². The minimum atomic E-state index is 0.594. The van der Waals surface area contributed by atoms with Crippen molar-refractivity contribution in [2.75, 3.05) is 16.8 Å². The molecule has 2 aliphatic rings. The monoisotopic (exact) mass is 394 g/mol. The van der Waals surface area contributed by atoms with E-state index in [-0.39, 0.29) is 0 Å². The van der Waals surface area contributed by atoms with Gasteiger partial charge in [-0.1, -0.05) is 31.1 Å². The van der Waals surface area contributed by atoms with Crippen LogP contribution in [0.4, 0.5) is 16.6 Å². The number of nitrogens with one attached hydrogen (secondary N) is 1. The molecule has 0 spiro atoms. The first-order valence-electron chi connectivity index (χ1n) is 10.4. The molecule has 146 valence electrons. The molecule has 1 saturated heterocycles. The third-order valence-electron chi connectivity index (χ3n) is 6.08. The molecule has 7 heteroatoms. The van der Waals surface area contributed by atoms with E-state index < -0.39 is 0 Å². The Kier molecular flexibility index (Phi) is 4.84. The van der Waals surface area contributed by atoms with Crippen molar-refractivity contribution in [2.45, 2.75) is 63.8 Å². The highest BCUT2D eigenvalue weighted by molar-refractivity contribution is 7.15. The normalized spacial score (nSPS) is 20.3. The predicted molar refractivity (Wildman–Crippen MR) is 115 cm³/mol. The van der Waals surface area contributed by atoms with Crippen LogP contribution in [0.3, 0.4) is 0 Å². The Balaban J connectivity index is 1.38. The van der Waals surface area contributed by atoms with E-state index in [1.807, 2.05) is 18.3 Å². The first-order chi connectivity index (χ1) is 13.8. The van der Waals surface area contributed by atoms with Gasteiger partial charge in [0.2, 0.25) is 5.13 Å². The molecule has 28 heavy (non-hydrogen) atoms. The molecule has 0 bridgehead atoms. The topological polar surface area (TPSA) is 66.8 Å². The lowest BCUT2D eigenvalue weighted by Gasteiger charge is -2.25. The van der Waals surface area contributed by atoms with E-state index in [1.54, 1.807) is 11.3 Å². The maximum Gasteiger partial charge on any atom is 0.211 e. The van der Waals surface area contributed by atoms with Gasteiger partial charge < -0.3 is 10.2 Å². The van der Waals surface area contributed by atoms with Crippen LogP contribution in [-0.2, 0) is 0 Å². The van der Waals surface area contributed by atoms with Gasteiger partial charge in [0.05, 0.1) is 22.9 Å². The molecule has 0 radical (unpaired) electrons. The molecule has 5 rings (SSSR count). The Morgan fingerprint density at radius 2 is 2.00 bits per heavy atom. The van der Waals surface area contributed by atoms with Gasteiger partial charge >= 0.3 is 0 Å². The van der Waals surface area contributed by atoms with Gasteiger partial charge in [-0.15, -0.1) is 10.2 Å². The minimum absolute atomic E-state index is 0.594. The van der Waals surface area contributed by atoms with E-state index >= 15 is 0 Å². The fourth-order valence-electron chi connectivity index (χ4n) is 4.56. The second kappa shape index (κ2) is 7.62. The van der Waals surface area contributed by atoms with Crippen LogP contribution >= 0.6 is 11.3 Å². The molecule has 3 aromatic heterocycles. The number of aromatic nitrogens is 4. The molecule has 2 fully saturated rings. The van der Waals surface area contributed by atoms with Crippen molar-refractivity contribution in [3.05, 3.63) is 29.4 Å². The summed E-state index contributed by atoms with van der Waals surface area (Å²) in [5, 5.41) is 14.1. The van der Waals surface area contributed by atoms with Gasteiger partial charge in [0.15, 0.2) is 0 Å². The highest BCUT2D eigenvalue weighted by atomic mass is 32.1. The highest BCUT2D eigenvalue weighted by Crippen LogP contribution is 2.37. The maximum atomic E-state index is 4.80. The van der Waals surface area contributed by atoms with Crippen molar-refractivity contribution < 1.29 is 0 Å². The van der Waals surface area contributed by atoms with Gasteiger partial charge in [0.25, 0.3) is 0 Å². The van der Waals surface area contributed by atoms with E-state index in [0.717, 1.165) is 33.5 Å². The van der Waals surface area contributed by atoms with Crippen LogP contribution in [0.2, 0.25) is 0 Å². The molecule has 1 N–H and O–H groups in total. The van der Waals surface area contributed by atoms with Crippen molar-refractivity contribution in [1.82, 2.24) is 20.2 Å². The number of fused-ring (bicyclic) bond motifs is 1. The summed E-state index contributed by atoms with van der Waals surface area (Å²) in [7, 11) is 0. The molecule has 0 amide bonds. The number of anilines is 3. The SMILES string of the molecule is CC[C@@H]1CCCN1c1cnc2ccc(Nc3nnc(C4CCCC4)s3)nc2c1. The molecule has 0 unspecified atom stereocenters. The summed E-state index contributed by atoms with van der Waals surface area (Å²) in [6.07, 6.45) is 10.8. The van der Waals surface area contributed by atoms with Gasteiger partial charge in [0.1, 0.15) is 10.8 Å². The van der Waals surface area contributed by atoms with Gasteiger partial charge in [-0.05, 0) is 50.3 Å². The van der Waals surface area contributed by atoms with E-state index in [1.165, 1.54) is 50.6 Å². The molecule has 1 atom stereocenters. The molecule has 1 aliphatic carbocycles. The Hall–Kier alpha value is -2.28. The molecule has 3 aromatic rings. The Labute approximate surface area is 169 Å². The zero-order valence-corrected chi connectivity index (χ0v) is 17.1. The molecule has 1 aliphatic heterocycles. The fourth-order valence-corrected chi connectivity index (χ4v) is 5.47. The van der Waals surface area contributed by atoms with E-state index in [2.05, 4.69) is 38.4 Å². The number of hydrogen-bond acceptors (Lipinski definition) is 7. The average molecular weight is 395 g/mol. The fraction of sp³-hybridized carbons (Fsp3) is 0.524.